The van der Waals surface area contributed by atoms with Crippen molar-refractivity contribution in [3.05, 3.63) is 33.8 Å². The van der Waals surface area contributed by atoms with E-state index in [-0.39, 0.29) is 5.92 Å². The number of hydrogen-bond donors (Lipinski definition) is 2. The lowest BCUT2D eigenvalue weighted by Gasteiger charge is -2.28. The molecule has 0 radical (unpaired) electrons. The molecule has 0 amide bonds. The van der Waals surface area contributed by atoms with Crippen LogP contribution < -0.4 is 5.32 Å². The number of anilines is 1. The monoisotopic (exact) mass is 408 g/mol. The predicted molar refractivity (Wildman–Crippen MR) is 91.8 cm³/mol. The van der Waals surface area contributed by atoms with Crippen LogP contribution in [0.1, 0.15) is 47.0 Å². The molecule has 2 N–H and O–H groups in total. The highest BCUT2D eigenvalue weighted by Gasteiger charge is 2.32. The number of aromatic nitrogens is 3. The van der Waals surface area contributed by atoms with Gasteiger partial charge < -0.3 is 19.9 Å². The molecule has 8 nitrogen and oxygen atoms in total. The van der Waals surface area contributed by atoms with E-state index in [9.17, 15) is 9.90 Å². The highest BCUT2D eigenvalue weighted by Crippen LogP contribution is 2.39. The Labute approximate surface area is 152 Å². The first-order chi connectivity index (χ1) is 12.1. The van der Waals surface area contributed by atoms with Crippen molar-refractivity contribution in [1.29, 1.82) is 0 Å². The Kier molecular flexibility index (Phi) is 4.22. The minimum atomic E-state index is -1.000. The fourth-order valence-electron chi connectivity index (χ4n) is 3.29. The van der Waals surface area contributed by atoms with E-state index in [0.29, 0.717) is 34.8 Å². The number of fused-ring (bicyclic) bond motifs is 3. The standard InChI is InChI=1S/C16H17BrN4O4/c1-24-16(23)9-6-11-12(7-10(9)17)21-13(8-2-4-25-5-3-8)19-20-14(21)15(22)18-11/h6-8,15,18,22H,2-5H2,1H3. The van der Waals surface area contributed by atoms with E-state index >= 15 is 0 Å². The lowest BCUT2D eigenvalue weighted by Crippen LogP contribution is -2.25. The third-order valence-corrected chi connectivity index (χ3v) is 5.22. The third kappa shape index (κ3) is 2.72. The summed E-state index contributed by atoms with van der Waals surface area (Å²) in [6.45, 7) is 1.37. The first-order valence-electron chi connectivity index (χ1n) is 8.00. The zero-order valence-electron chi connectivity index (χ0n) is 13.5. The van der Waals surface area contributed by atoms with Gasteiger partial charge in [0, 0.05) is 23.6 Å². The Morgan fingerprint density at radius 3 is 2.80 bits per heavy atom. The lowest BCUT2D eigenvalue weighted by molar-refractivity contribution is 0.0599. The van der Waals surface area contributed by atoms with Crippen LogP contribution >= 0.6 is 15.9 Å². The van der Waals surface area contributed by atoms with Gasteiger partial charge in [0.05, 0.1) is 24.0 Å². The summed E-state index contributed by atoms with van der Waals surface area (Å²) in [7, 11) is 1.33. The molecular weight excluding hydrogens is 392 g/mol. The molecule has 25 heavy (non-hydrogen) atoms. The molecule has 1 atom stereocenters. The number of aliphatic hydroxyl groups excluding tert-OH is 1. The molecule has 4 rings (SSSR count). The molecule has 9 heteroatoms. The summed E-state index contributed by atoms with van der Waals surface area (Å²) >= 11 is 3.43. The number of rotatable bonds is 2. The van der Waals surface area contributed by atoms with E-state index in [1.165, 1.54) is 7.11 Å². The molecule has 2 aliphatic heterocycles. The van der Waals surface area contributed by atoms with Gasteiger partial charge in [-0.05, 0) is 40.9 Å². The average Bonchev–Trinajstić information content (AvgIpc) is 3.08. The van der Waals surface area contributed by atoms with Gasteiger partial charge in [0.25, 0.3) is 0 Å². The number of carbonyl (C=O) groups excluding carboxylic acids is 1. The summed E-state index contributed by atoms with van der Waals surface area (Å²) in [6.07, 6.45) is 0.719. The van der Waals surface area contributed by atoms with Crippen molar-refractivity contribution in [2.45, 2.75) is 25.0 Å². The largest absolute Gasteiger partial charge is 0.465 e. The van der Waals surface area contributed by atoms with Gasteiger partial charge in [-0.1, -0.05) is 0 Å². The summed E-state index contributed by atoms with van der Waals surface area (Å²) in [5.41, 5.74) is 1.79. The van der Waals surface area contributed by atoms with Gasteiger partial charge in [-0.2, -0.15) is 0 Å². The maximum Gasteiger partial charge on any atom is 0.339 e. The predicted octanol–water partition coefficient (Wildman–Crippen LogP) is 2.13. The Morgan fingerprint density at radius 1 is 1.36 bits per heavy atom. The van der Waals surface area contributed by atoms with E-state index in [2.05, 4.69) is 31.4 Å². The van der Waals surface area contributed by atoms with E-state index in [1.807, 2.05) is 10.6 Å². The summed E-state index contributed by atoms with van der Waals surface area (Å²) in [5.74, 6) is 1.00. The maximum absolute atomic E-state index is 11.9. The van der Waals surface area contributed by atoms with Gasteiger partial charge in [0.1, 0.15) is 5.82 Å². The van der Waals surface area contributed by atoms with Crippen LogP contribution in [0.15, 0.2) is 16.6 Å². The number of hydrogen-bond acceptors (Lipinski definition) is 7. The van der Waals surface area contributed by atoms with Gasteiger partial charge in [-0.25, -0.2) is 4.79 Å². The zero-order chi connectivity index (χ0) is 17.6. The average molecular weight is 409 g/mol. The molecule has 0 aliphatic carbocycles. The molecule has 0 saturated carbocycles. The molecule has 2 aliphatic rings. The summed E-state index contributed by atoms with van der Waals surface area (Å²) < 4.78 is 12.7. The van der Waals surface area contributed by atoms with Crippen LogP contribution in [0.3, 0.4) is 0 Å². The molecule has 1 aromatic heterocycles. The Bertz CT molecular complexity index is 832. The fourth-order valence-corrected chi connectivity index (χ4v) is 3.79. The van der Waals surface area contributed by atoms with Crippen molar-refractivity contribution in [2.24, 2.45) is 0 Å². The Hall–Kier alpha value is -1.97. The molecule has 0 bridgehead atoms. The Balaban J connectivity index is 1.85. The smallest absolute Gasteiger partial charge is 0.339 e. The van der Waals surface area contributed by atoms with Crippen molar-refractivity contribution in [3.8, 4) is 5.69 Å². The van der Waals surface area contributed by atoms with Crippen LogP contribution in [0, 0.1) is 0 Å². The summed E-state index contributed by atoms with van der Waals surface area (Å²) in [4.78, 5) is 11.9. The summed E-state index contributed by atoms with van der Waals surface area (Å²) in [5, 5.41) is 21.8. The van der Waals surface area contributed by atoms with Gasteiger partial charge >= 0.3 is 5.97 Å². The number of ether oxygens (including phenoxy) is 2. The molecule has 132 valence electrons. The molecule has 1 aromatic carbocycles. The van der Waals surface area contributed by atoms with Gasteiger partial charge in [-0.15, -0.1) is 10.2 Å². The van der Waals surface area contributed by atoms with E-state index in [4.69, 9.17) is 9.47 Å². The van der Waals surface area contributed by atoms with Crippen molar-refractivity contribution in [1.82, 2.24) is 14.8 Å². The molecule has 2 aromatic rings. The van der Waals surface area contributed by atoms with E-state index < -0.39 is 12.2 Å². The minimum Gasteiger partial charge on any atom is -0.465 e. The Morgan fingerprint density at radius 2 is 2.08 bits per heavy atom. The van der Waals surface area contributed by atoms with Gasteiger partial charge in [0.2, 0.25) is 0 Å². The lowest BCUT2D eigenvalue weighted by atomic mass is 9.99. The van der Waals surface area contributed by atoms with Crippen LogP contribution in [0.25, 0.3) is 5.69 Å². The zero-order valence-corrected chi connectivity index (χ0v) is 15.1. The first-order valence-corrected chi connectivity index (χ1v) is 8.79. The SMILES string of the molecule is COC(=O)c1cc2c(cc1Br)-n1c(C3CCOCC3)nnc1C(O)N2. The highest BCUT2D eigenvalue weighted by atomic mass is 79.9. The molecule has 0 spiro atoms. The van der Waals surface area contributed by atoms with Crippen molar-refractivity contribution >= 4 is 27.6 Å². The number of carbonyl (C=O) groups is 1. The van der Waals surface area contributed by atoms with Crippen LogP contribution in [-0.2, 0) is 9.47 Å². The van der Waals surface area contributed by atoms with Gasteiger partial charge in [0.15, 0.2) is 12.1 Å². The number of halogens is 1. The number of nitrogens with zero attached hydrogens (tertiary/aromatic N) is 3. The topological polar surface area (TPSA) is 98.5 Å². The summed E-state index contributed by atoms with van der Waals surface area (Å²) in [6, 6.07) is 3.47. The van der Waals surface area contributed by atoms with Gasteiger partial charge in [-0.3, -0.25) is 4.57 Å². The molecular formula is C16H17BrN4O4. The number of esters is 1. The number of methoxy groups -OCH3 is 1. The third-order valence-electron chi connectivity index (χ3n) is 4.57. The van der Waals surface area contributed by atoms with Crippen LogP contribution in [0.5, 0.6) is 0 Å². The fraction of sp³-hybridized carbons (Fsp3) is 0.438. The quantitative estimate of drug-likeness (QED) is 0.734. The van der Waals surface area contributed by atoms with Crippen molar-refractivity contribution in [3.63, 3.8) is 0 Å². The van der Waals surface area contributed by atoms with Crippen molar-refractivity contribution < 1.29 is 19.4 Å². The van der Waals surface area contributed by atoms with Crippen molar-refractivity contribution in [2.75, 3.05) is 25.6 Å². The second-order valence-corrected chi connectivity index (χ2v) is 6.88. The second-order valence-electron chi connectivity index (χ2n) is 6.03. The highest BCUT2D eigenvalue weighted by molar-refractivity contribution is 9.10. The molecule has 1 unspecified atom stereocenters. The van der Waals surface area contributed by atoms with Crippen LogP contribution in [0.2, 0.25) is 0 Å². The van der Waals surface area contributed by atoms with E-state index in [0.717, 1.165) is 24.4 Å². The molecule has 3 heterocycles. The van der Waals surface area contributed by atoms with Crippen LogP contribution in [-0.4, -0.2) is 46.2 Å². The first kappa shape index (κ1) is 16.5. The maximum atomic E-state index is 11.9. The normalized spacial score (nSPS) is 19.7. The second kappa shape index (κ2) is 6.40. The molecule has 1 fully saturated rings. The number of nitrogens with one attached hydrogen (secondary N) is 1. The number of benzene rings is 1. The van der Waals surface area contributed by atoms with E-state index in [1.54, 1.807) is 6.07 Å². The minimum absolute atomic E-state index is 0.215. The molecule has 1 saturated heterocycles. The van der Waals surface area contributed by atoms with Crippen LogP contribution in [0.4, 0.5) is 5.69 Å². The number of aliphatic hydroxyl groups is 1.